The number of nitrogens with one attached hydrogen (secondary N) is 2. The number of hydrogen-bond donors (Lipinski definition) is 2. The second-order valence-corrected chi connectivity index (χ2v) is 8.05. The molecule has 0 fully saturated rings. The van der Waals surface area contributed by atoms with Gasteiger partial charge in [0.2, 0.25) is 5.91 Å². The fourth-order valence-electron chi connectivity index (χ4n) is 3.34. The second kappa shape index (κ2) is 11.0. The summed E-state index contributed by atoms with van der Waals surface area (Å²) in [6, 6.07) is 4.10. The zero-order valence-electron chi connectivity index (χ0n) is 19.6. The lowest BCUT2D eigenvalue weighted by Gasteiger charge is -2.30. The number of amides is 2. The van der Waals surface area contributed by atoms with Crippen LogP contribution in [0.5, 0.6) is 0 Å². The average molecular weight is 517 g/mol. The van der Waals surface area contributed by atoms with Gasteiger partial charge >= 0.3 is 12.4 Å². The molecule has 36 heavy (non-hydrogen) atoms. The first-order valence-corrected chi connectivity index (χ1v) is 10.7. The number of oxime groups is 1. The average Bonchev–Trinajstić information content (AvgIpc) is 3.25. The van der Waals surface area contributed by atoms with E-state index in [0.29, 0.717) is 17.6 Å². The van der Waals surface area contributed by atoms with Gasteiger partial charge in [-0.15, -0.1) is 0 Å². The van der Waals surface area contributed by atoms with Crippen molar-refractivity contribution in [2.75, 3.05) is 13.1 Å². The second-order valence-electron chi connectivity index (χ2n) is 8.05. The van der Waals surface area contributed by atoms with Crippen molar-refractivity contribution in [3.05, 3.63) is 71.3 Å². The first kappa shape index (κ1) is 28.7. The van der Waals surface area contributed by atoms with Crippen LogP contribution in [0.4, 0.5) is 26.3 Å². The van der Waals surface area contributed by atoms with Crippen LogP contribution in [0.25, 0.3) is 0 Å². The molecule has 1 aliphatic rings. The van der Waals surface area contributed by atoms with Crippen molar-refractivity contribution in [1.29, 1.82) is 0 Å². The highest BCUT2D eigenvalue weighted by molar-refractivity contribution is 6.04. The van der Waals surface area contributed by atoms with Crippen LogP contribution in [-0.2, 0) is 9.63 Å². The SMILES string of the molecule is C=C/C(=C\C(=C)CC)C1(C(F)(F)F)CC(c2ccc(C(=O)NCC(=O)NCC(F)(F)F)c(C)c2)=NO1. The number of allylic oxidation sites excluding steroid dienone is 2. The van der Waals surface area contributed by atoms with Gasteiger partial charge in [-0.3, -0.25) is 9.59 Å². The van der Waals surface area contributed by atoms with Gasteiger partial charge in [0.25, 0.3) is 11.5 Å². The maximum Gasteiger partial charge on any atom is 0.435 e. The summed E-state index contributed by atoms with van der Waals surface area (Å²) in [6.07, 6.45) is -7.32. The summed E-state index contributed by atoms with van der Waals surface area (Å²) in [5.74, 6) is -1.78. The van der Waals surface area contributed by atoms with Gasteiger partial charge in [0.15, 0.2) is 0 Å². The number of aryl methyl sites for hydroxylation is 1. The van der Waals surface area contributed by atoms with Gasteiger partial charge in [-0.05, 0) is 36.6 Å². The third-order valence-corrected chi connectivity index (χ3v) is 5.39. The van der Waals surface area contributed by atoms with Gasteiger partial charge in [-0.2, -0.15) is 26.3 Å². The molecule has 196 valence electrons. The molecule has 1 aliphatic heterocycles. The molecule has 1 heterocycles. The Kier molecular flexibility index (Phi) is 8.76. The highest BCUT2D eigenvalue weighted by atomic mass is 19.4. The Morgan fingerprint density at radius 3 is 2.39 bits per heavy atom. The molecule has 2 amide bonds. The fraction of sp³-hybridized carbons (Fsp3) is 0.375. The molecule has 1 aromatic rings. The monoisotopic (exact) mass is 517 g/mol. The molecule has 0 spiro atoms. The fourth-order valence-corrected chi connectivity index (χ4v) is 3.34. The minimum Gasteiger partial charge on any atom is -0.374 e. The van der Waals surface area contributed by atoms with Crippen LogP contribution < -0.4 is 10.6 Å². The summed E-state index contributed by atoms with van der Waals surface area (Å²) < 4.78 is 78.9. The summed E-state index contributed by atoms with van der Waals surface area (Å²) in [5, 5.41) is 7.49. The molecule has 0 saturated carbocycles. The van der Waals surface area contributed by atoms with Crippen molar-refractivity contribution >= 4 is 17.5 Å². The van der Waals surface area contributed by atoms with Gasteiger partial charge in [0, 0.05) is 17.6 Å². The van der Waals surface area contributed by atoms with E-state index < -0.39 is 49.3 Å². The molecule has 0 saturated heterocycles. The molecule has 2 N–H and O–H groups in total. The van der Waals surface area contributed by atoms with Gasteiger partial charge in [0.1, 0.15) is 6.54 Å². The Morgan fingerprint density at radius 2 is 1.86 bits per heavy atom. The first-order valence-electron chi connectivity index (χ1n) is 10.7. The van der Waals surface area contributed by atoms with E-state index in [1.807, 2.05) is 0 Å². The van der Waals surface area contributed by atoms with Crippen molar-refractivity contribution in [3.63, 3.8) is 0 Å². The molecule has 0 aliphatic carbocycles. The van der Waals surface area contributed by atoms with Crippen molar-refractivity contribution < 1.29 is 40.8 Å². The number of halogens is 6. The van der Waals surface area contributed by atoms with Crippen molar-refractivity contribution in [2.24, 2.45) is 5.16 Å². The summed E-state index contributed by atoms with van der Waals surface area (Å²) in [5.41, 5.74) is -1.86. The Hall–Kier alpha value is -3.57. The smallest absolute Gasteiger partial charge is 0.374 e. The minimum atomic E-state index is -4.83. The van der Waals surface area contributed by atoms with E-state index in [2.05, 4.69) is 23.6 Å². The van der Waals surface area contributed by atoms with E-state index in [-0.39, 0.29) is 22.4 Å². The predicted molar refractivity (Wildman–Crippen MR) is 121 cm³/mol. The van der Waals surface area contributed by atoms with Crippen molar-refractivity contribution in [1.82, 2.24) is 10.6 Å². The van der Waals surface area contributed by atoms with Gasteiger partial charge in [-0.25, -0.2) is 0 Å². The van der Waals surface area contributed by atoms with Crippen LogP contribution in [0.3, 0.4) is 0 Å². The number of hydrogen-bond acceptors (Lipinski definition) is 4. The summed E-state index contributed by atoms with van der Waals surface area (Å²) in [7, 11) is 0. The van der Waals surface area contributed by atoms with Crippen LogP contribution in [0, 0.1) is 6.92 Å². The van der Waals surface area contributed by atoms with Crippen LogP contribution >= 0.6 is 0 Å². The number of benzene rings is 1. The highest BCUT2D eigenvalue weighted by Gasteiger charge is 2.62. The maximum atomic E-state index is 14.2. The van der Waals surface area contributed by atoms with E-state index in [4.69, 9.17) is 4.84 Å². The quantitative estimate of drug-likeness (QED) is 0.361. The zero-order valence-corrected chi connectivity index (χ0v) is 19.6. The molecular formula is C24H25F6N3O3. The van der Waals surface area contributed by atoms with Gasteiger partial charge < -0.3 is 15.5 Å². The highest BCUT2D eigenvalue weighted by Crippen LogP contribution is 2.47. The largest absolute Gasteiger partial charge is 0.435 e. The van der Waals surface area contributed by atoms with Gasteiger partial charge in [0.05, 0.1) is 12.3 Å². The van der Waals surface area contributed by atoms with Crippen LogP contribution in [0.15, 0.2) is 59.8 Å². The third kappa shape index (κ3) is 6.76. The minimum absolute atomic E-state index is 0.0104. The molecule has 0 aromatic heterocycles. The van der Waals surface area contributed by atoms with Crippen LogP contribution in [0.2, 0.25) is 0 Å². The molecule has 2 rings (SSSR count). The van der Waals surface area contributed by atoms with Crippen molar-refractivity contribution in [2.45, 2.75) is 44.6 Å². The van der Waals surface area contributed by atoms with E-state index in [1.54, 1.807) is 12.2 Å². The number of alkyl halides is 6. The predicted octanol–water partition coefficient (Wildman–Crippen LogP) is 4.91. The van der Waals surface area contributed by atoms with E-state index in [0.717, 1.165) is 6.08 Å². The molecule has 0 bridgehead atoms. The van der Waals surface area contributed by atoms with E-state index in [1.165, 1.54) is 31.2 Å². The summed E-state index contributed by atoms with van der Waals surface area (Å²) in [6.45, 7) is 8.22. The Bertz CT molecular complexity index is 1110. The molecule has 1 atom stereocenters. The maximum absolute atomic E-state index is 14.2. The lowest BCUT2D eigenvalue weighted by molar-refractivity contribution is -0.251. The topological polar surface area (TPSA) is 79.8 Å². The number of carbonyl (C=O) groups is 2. The van der Waals surface area contributed by atoms with Crippen LogP contribution in [0.1, 0.15) is 41.3 Å². The van der Waals surface area contributed by atoms with Crippen LogP contribution in [-0.4, -0.2) is 48.6 Å². The lowest BCUT2D eigenvalue weighted by atomic mass is 9.84. The number of rotatable bonds is 9. The number of nitrogens with zero attached hydrogens (tertiary/aromatic N) is 1. The van der Waals surface area contributed by atoms with Crippen molar-refractivity contribution in [3.8, 4) is 0 Å². The first-order chi connectivity index (χ1) is 16.6. The number of carbonyl (C=O) groups excluding carboxylic acids is 2. The molecule has 1 unspecified atom stereocenters. The van der Waals surface area contributed by atoms with Gasteiger partial charge in [-0.1, -0.05) is 49.0 Å². The Morgan fingerprint density at radius 1 is 1.19 bits per heavy atom. The third-order valence-electron chi connectivity index (χ3n) is 5.39. The van der Waals surface area contributed by atoms with E-state index >= 15 is 0 Å². The van der Waals surface area contributed by atoms with E-state index in [9.17, 15) is 35.9 Å². The summed E-state index contributed by atoms with van der Waals surface area (Å²) in [4.78, 5) is 28.8. The Labute approximate surface area is 203 Å². The molecular weight excluding hydrogens is 492 g/mol. The standard InChI is InChI=1S/C24H25F6N3O3/c1-5-14(3)9-17(6-2)22(24(28,29)30)11-19(33-36-22)16-7-8-18(15(4)10-16)21(35)31-12-20(34)32-13-23(25,26)27/h6-10H,2-3,5,11-13H2,1,4H3,(H,31,35)(H,32,34)/b17-9+. The molecule has 0 radical (unpaired) electrons. The molecule has 6 nitrogen and oxygen atoms in total. The summed E-state index contributed by atoms with van der Waals surface area (Å²) >= 11 is 0. The normalized spacial score (nSPS) is 18.2. The molecule has 1 aromatic carbocycles. The molecule has 12 heteroatoms. The zero-order chi connectivity index (χ0) is 27.3. The lowest BCUT2D eigenvalue weighted by Crippen LogP contribution is -2.46. The Balaban J connectivity index is 2.19.